The number of hydrogen-bond donors (Lipinski definition) is 3. The first-order valence-electron chi connectivity index (χ1n) is 6.32. The van der Waals surface area contributed by atoms with Crippen LogP contribution < -0.4 is 20.5 Å². The van der Waals surface area contributed by atoms with Crippen LogP contribution in [0.25, 0.3) is 0 Å². The molecule has 1 heterocycles. The summed E-state index contributed by atoms with van der Waals surface area (Å²) in [4.78, 5) is 11.3. The largest absolute Gasteiger partial charge is 0.482 e. The van der Waals surface area contributed by atoms with Crippen molar-refractivity contribution in [3.05, 3.63) is 12.1 Å². The normalized spacial score (nSPS) is 14.6. The summed E-state index contributed by atoms with van der Waals surface area (Å²) in [5, 5.41) is 2.60. The highest BCUT2D eigenvalue weighted by atomic mass is 32.2. The number of nitrogens with one attached hydrogen (secondary N) is 2. The van der Waals surface area contributed by atoms with E-state index in [1.165, 1.54) is 23.5 Å². The Kier molecular flexibility index (Phi) is 3.97. The van der Waals surface area contributed by atoms with Gasteiger partial charge in [0.2, 0.25) is 0 Å². The predicted octanol–water partition coefficient (Wildman–Crippen LogP) is 0.597. The van der Waals surface area contributed by atoms with E-state index in [-0.39, 0.29) is 29.9 Å². The fourth-order valence-electron chi connectivity index (χ4n) is 1.72. The maximum atomic E-state index is 12.2. The number of ether oxygens (including phenoxy) is 1. The summed E-state index contributed by atoms with van der Waals surface area (Å²) in [6.45, 7) is 3.42. The lowest BCUT2D eigenvalue weighted by molar-refractivity contribution is -0.118. The lowest BCUT2D eigenvalue weighted by Crippen LogP contribution is -2.37. The summed E-state index contributed by atoms with van der Waals surface area (Å²) < 4.78 is 33.1. The molecular formula is C12H18N4O4S. The first kappa shape index (κ1) is 15.4. The number of anilines is 3. The van der Waals surface area contributed by atoms with Crippen molar-refractivity contribution in [2.45, 2.75) is 19.9 Å². The molecule has 0 unspecified atom stereocenters. The Morgan fingerprint density at radius 2 is 2.10 bits per heavy atom. The molecule has 1 aromatic rings. The highest BCUT2D eigenvalue weighted by Crippen LogP contribution is 2.35. The van der Waals surface area contributed by atoms with E-state index in [4.69, 9.17) is 10.5 Å². The van der Waals surface area contributed by atoms with Gasteiger partial charge in [-0.3, -0.25) is 9.52 Å². The fourth-order valence-corrected chi connectivity index (χ4v) is 2.87. The highest BCUT2D eigenvalue weighted by molar-refractivity contribution is 7.90. The van der Waals surface area contributed by atoms with Crippen molar-refractivity contribution in [2.24, 2.45) is 0 Å². The Labute approximate surface area is 123 Å². The zero-order valence-electron chi connectivity index (χ0n) is 12.0. The van der Waals surface area contributed by atoms with Crippen LogP contribution in [0.1, 0.15) is 13.8 Å². The Balaban J connectivity index is 2.33. The Morgan fingerprint density at radius 3 is 2.71 bits per heavy atom. The molecule has 1 aliphatic heterocycles. The number of fused-ring (bicyclic) bond motifs is 1. The van der Waals surface area contributed by atoms with Gasteiger partial charge in [-0.05, 0) is 19.9 Å². The summed E-state index contributed by atoms with van der Waals surface area (Å²) in [6.07, 6.45) is 0. The zero-order valence-corrected chi connectivity index (χ0v) is 12.8. The first-order chi connectivity index (χ1) is 9.70. The van der Waals surface area contributed by atoms with Crippen LogP contribution in [-0.2, 0) is 15.0 Å². The number of carbonyl (C=O) groups is 1. The molecule has 116 valence electrons. The lowest BCUT2D eigenvalue weighted by Gasteiger charge is -2.24. The minimum Gasteiger partial charge on any atom is -0.482 e. The van der Waals surface area contributed by atoms with Gasteiger partial charge in [-0.15, -0.1) is 0 Å². The smallest absolute Gasteiger partial charge is 0.301 e. The number of amides is 1. The van der Waals surface area contributed by atoms with E-state index in [0.717, 1.165) is 0 Å². The lowest BCUT2D eigenvalue weighted by atomic mass is 10.2. The van der Waals surface area contributed by atoms with Gasteiger partial charge in [0, 0.05) is 19.2 Å². The van der Waals surface area contributed by atoms with E-state index in [0.29, 0.717) is 11.4 Å². The van der Waals surface area contributed by atoms with Gasteiger partial charge in [0.15, 0.2) is 6.61 Å². The third kappa shape index (κ3) is 3.19. The van der Waals surface area contributed by atoms with Gasteiger partial charge < -0.3 is 15.8 Å². The summed E-state index contributed by atoms with van der Waals surface area (Å²) in [7, 11) is -2.26. The van der Waals surface area contributed by atoms with E-state index >= 15 is 0 Å². The average molecular weight is 314 g/mol. The average Bonchev–Trinajstić information content (AvgIpc) is 2.38. The van der Waals surface area contributed by atoms with Crippen molar-refractivity contribution in [3.63, 3.8) is 0 Å². The molecule has 21 heavy (non-hydrogen) atoms. The first-order valence-corrected chi connectivity index (χ1v) is 7.76. The molecule has 0 spiro atoms. The molecule has 0 saturated carbocycles. The molecular weight excluding hydrogens is 296 g/mol. The van der Waals surface area contributed by atoms with Crippen LogP contribution in [-0.4, -0.2) is 38.3 Å². The second-order valence-electron chi connectivity index (χ2n) is 4.99. The molecule has 2 rings (SSSR count). The van der Waals surface area contributed by atoms with Crippen molar-refractivity contribution in [1.82, 2.24) is 4.31 Å². The van der Waals surface area contributed by atoms with Gasteiger partial charge >= 0.3 is 10.2 Å². The summed E-state index contributed by atoms with van der Waals surface area (Å²) >= 11 is 0. The molecule has 0 aliphatic carbocycles. The minimum atomic E-state index is -3.73. The topological polar surface area (TPSA) is 114 Å². The molecule has 0 radical (unpaired) electrons. The van der Waals surface area contributed by atoms with E-state index in [9.17, 15) is 13.2 Å². The quantitative estimate of drug-likeness (QED) is 0.704. The molecule has 0 saturated heterocycles. The number of nitrogens with two attached hydrogens (primary N) is 1. The molecule has 8 nitrogen and oxygen atoms in total. The van der Waals surface area contributed by atoms with E-state index in [1.807, 2.05) is 0 Å². The molecule has 0 bridgehead atoms. The Bertz CT molecular complexity index is 672. The molecule has 0 atom stereocenters. The van der Waals surface area contributed by atoms with E-state index in [1.54, 1.807) is 13.8 Å². The van der Waals surface area contributed by atoms with Crippen LogP contribution in [0.5, 0.6) is 5.75 Å². The SMILES string of the molecule is CC(C)N(C)S(=O)(=O)Nc1cc2c(cc1N)OCC(=O)N2. The molecule has 1 aromatic carbocycles. The molecule has 4 N–H and O–H groups in total. The van der Waals surface area contributed by atoms with Crippen molar-refractivity contribution in [3.8, 4) is 5.75 Å². The van der Waals surface area contributed by atoms with Crippen LogP contribution in [0.3, 0.4) is 0 Å². The van der Waals surface area contributed by atoms with Crippen LogP contribution in [0, 0.1) is 0 Å². The third-order valence-electron chi connectivity index (χ3n) is 3.13. The predicted molar refractivity (Wildman–Crippen MR) is 80.4 cm³/mol. The summed E-state index contributed by atoms with van der Waals surface area (Å²) in [5.41, 5.74) is 6.61. The molecule has 1 amide bonds. The molecule has 0 fully saturated rings. The Hall–Kier alpha value is -2.00. The van der Waals surface area contributed by atoms with E-state index < -0.39 is 10.2 Å². The molecule has 1 aliphatic rings. The van der Waals surface area contributed by atoms with Crippen LogP contribution >= 0.6 is 0 Å². The van der Waals surface area contributed by atoms with Crippen molar-refractivity contribution in [2.75, 3.05) is 29.4 Å². The third-order valence-corrected chi connectivity index (χ3v) is 4.79. The summed E-state index contributed by atoms with van der Waals surface area (Å²) in [5.74, 6) is 0.104. The minimum absolute atomic E-state index is 0.0897. The number of benzene rings is 1. The number of hydrogen-bond acceptors (Lipinski definition) is 5. The van der Waals surface area contributed by atoms with Gasteiger partial charge in [0.1, 0.15) is 5.75 Å². The summed E-state index contributed by atoms with van der Waals surface area (Å²) in [6, 6.07) is 2.71. The van der Waals surface area contributed by atoms with Crippen LogP contribution in [0.2, 0.25) is 0 Å². The number of rotatable bonds is 4. The van der Waals surface area contributed by atoms with Crippen molar-refractivity contribution in [1.29, 1.82) is 0 Å². The molecule has 9 heteroatoms. The van der Waals surface area contributed by atoms with Crippen LogP contribution in [0.4, 0.5) is 17.1 Å². The Morgan fingerprint density at radius 1 is 1.43 bits per heavy atom. The zero-order chi connectivity index (χ0) is 15.8. The van der Waals surface area contributed by atoms with Gasteiger partial charge in [-0.1, -0.05) is 0 Å². The number of nitrogens with zero attached hydrogens (tertiary/aromatic N) is 1. The van der Waals surface area contributed by atoms with Gasteiger partial charge in [-0.2, -0.15) is 12.7 Å². The number of nitrogen functional groups attached to an aromatic ring is 1. The molecule has 0 aromatic heterocycles. The van der Waals surface area contributed by atoms with Crippen LogP contribution in [0.15, 0.2) is 12.1 Å². The monoisotopic (exact) mass is 314 g/mol. The standard InChI is InChI=1S/C12H18N4O4S/c1-7(2)16(3)21(18,19)15-9-5-10-11(4-8(9)13)20-6-12(17)14-10/h4-5,7,15H,6,13H2,1-3H3,(H,14,17). The van der Waals surface area contributed by atoms with Gasteiger partial charge in [0.05, 0.1) is 17.1 Å². The highest BCUT2D eigenvalue weighted by Gasteiger charge is 2.23. The van der Waals surface area contributed by atoms with Gasteiger partial charge in [0.25, 0.3) is 5.91 Å². The fraction of sp³-hybridized carbons (Fsp3) is 0.417. The second kappa shape index (κ2) is 5.41. The van der Waals surface area contributed by atoms with E-state index in [2.05, 4.69) is 10.0 Å². The van der Waals surface area contributed by atoms with Gasteiger partial charge in [-0.25, -0.2) is 0 Å². The number of carbonyl (C=O) groups excluding carboxylic acids is 1. The van der Waals surface area contributed by atoms with Crippen molar-refractivity contribution >= 4 is 33.2 Å². The maximum Gasteiger partial charge on any atom is 0.301 e. The van der Waals surface area contributed by atoms with Crippen molar-refractivity contribution < 1.29 is 17.9 Å². The maximum absolute atomic E-state index is 12.2. The second-order valence-corrected chi connectivity index (χ2v) is 6.72.